The molecule has 0 fully saturated rings. The van der Waals surface area contributed by atoms with Gasteiger partial charge in [-0.1, -0.05) is 0 Å². The van der Waals surface area contributed by atoms with Crippen LogP contribution in [0.15, 0.2) is 16.8 Å². The molecule has 0 aromatic heterocycles. The fraction of sp³-hybridized carbons (Fsp3) is 0.200. The van der Waals surface area contributed by atoms with Gasteiger partial charge in [0.25, 0.3) is 0 Å². The molecule has 1 heterocycles. The van der Waals surface area contributed by atoms with Gasteiger partial charge in [0.2, 0.25) is 5.76 Å². The van der Waals surface area contributed by atoms with Gasteiger partial charge in [-0.25, -0.2) is 4.99 Å². The van der Waals surface area contributed by atoms with Gasteiger partial charge < -0.3 is 4.18 Å². The highest BCUT2D eigenvalue weighted by molar-refractivity contribution is 7.86. The second-order valence-electron chi connectivity index (χ2n) is 1.90. The zero-order valence-corrected chi connectivity index (χ0v) is 6.46. The van der Waals surface area contributed by atoms with Crippen molar-refractivity contribution in [1.82, 2.24) is 0 Å². The molecule has 0 aromatic carbocycles. The van der Waals surface area contributed by atoms with E-state index in [0.717, 1.165) is 6.26 Å². The maximum absolute atomic E-state index is 10.6. The van der Waals surface area contributed by atoms with Crippen LogP contribution < -0.4 is 0 Å². The van der Waals surface area contributed by atoms with E-state index in [4.69, 9.17) is 0 Å². The number of nitrogens with zero attached hydrogens (tertiary/aromatic N) is 1. The second-order valence-corrected chi connectivity index (χ2v) is 3.48. The molecule has 0 atom stereocenters. The Bertz CT molecular complexity index is 337. The average molecular weight is 175 g/mol. The lowest BCUT2D eigenvalue weighted by Crippen LogP contribution is -2.06. The molecule has 5 nitrogen and oxygen atoms in total. The summed E-state index contributed by atoms with van der Waals surface area (Å²) < 4.78 is 25.2. The summed E-state index contributed by atoms with van der Waals surface area (Å²) >= 11 is 0. The Hall–Kier alpha value is -1.17. The van der Waals surface area contributed by atoms with Gasteiger partial charge in [-0.2, -0.15) is 8.42 Å². The highest BCUT2D eigenvalue weighted by Gasteiger charge is 2.17. The predicted molar refractivity (Wildman–Crippen MR) is 37.5 cm³/mol. The van der Waals surface area contributed by atoms with E-state index in [1.807, 2.05) is 0 Å². The summed E-state index contributed by atoms with van der Waals surface area (Å²) in [6, 6.07) is 0. The number of carbonyl (C=O) groups excluding carboxylic acids is 1. The number of amides is 1. The van der Waals surface area contributed by atoms with Gasteiger partial charge in [-0.15, -0.1) is 0 Å². The molecule has 0 N–H and O–H groups in total. The average Bonchev–Trinajstić information content (AvgIpc) is 2.12. The molecule has 1 aliphatic heterocycles. The first kappa shape index (κ1) is 7.93. The molecule has 0 aliphatic carbocycles. The maximum Gasteiger partial charge on any atom is 0.313 e. The lowest BCUT2D eigenvalue weighted by Gasteiger charge is -1.98. The molecule has 11 heavy (non-hydrogen) atoms. The fourth-order valence-corrected chi connectivity index (χ4v) is 0.987. The quantitative estimate of drug-likeness (QED) is 0.528. The van der Waals surface area contributed by atoms with Crippen molar-refractivity contribution in [2.75, 3.05) is 6.26 Å². The number of allylic oxidation sites excluding steroid dienone is 1. The van der Waals surface area contributed by atoms with E-state index in [0.29, 0.717) is 0 Å². The Balaban J connectivity index is 2.75. The molecular weight excluding hydrogens is 170 g/mol. The topological polar surface area (TPSA) is 72.8 Å². The number of rotatable bonds is 2. The van der Waals surface area contributed by atoms with Crippen molar-refractivity contribution in [3.63, 3.8) is 0 Å². The minimum atomic E-state index is -3.61. The van der Waals surface area contributed by atoms with Gasteiger partial charge >= 0.3 is 16.0 Å². The Morgan fingerprint density at radius 2 is 2.18 bits per heavy atom. The third-order valence-corrected chi connectivity index (χ3v) is 1.35. The van der Waals surface area contributed by atoms with Crippen LogP contribution in [0.5, 0.6) is 0 Å². The van der Waals surface area contributed by atoms with E-state index < -0.39 is 16.0 Å². The molecule has 0 spiro atoms. The van der Waals surface area contributed by atoms with Crippen LogP contribution in [-0.2, 0) is 19.1 Å². The van der Waals surface area contributed by atoms with E-state index in [1.165, 1.54) is 12.3 Å². The van der Waals surface area contributed by atoms with Gasteiger partial charge in [0.1, 0.15) is 0 Å². The standard InChI is InChI=1S/C5H5NO4S/c1-11(8,9)10-4-2-3-6-5(4)7/h2-3H,1H3. The zero-order chi connectivity index (χ0) is 8.48. The Kier molecular flexibility index (Phi) is 1.77. The summed E-state index contributed by atoms with van der Waals surface area (Å²) in [7, 11) is -3.61. The van der Waals surface area contributed by atoms with Crippen molar-refractivity contribution in [3.05, 3.63) is 11.8 Å². The van der Waals surface area contributed by atoms with E-state index in [9.17, 15) is 13.2 Å². The molecule has 1 amide bonds. The Labute approximate surface area is 63.5 Å². The SMILES string of the molecule is CS(=O)(=O)OC1=CC=NC1=O. The van der Waals surface area contributed by atoms with E-state index in [-0.39, 0.29) is 5.76 Å². The molecule has 0 unspecified atom stereocenters. The summed E-state index contributed by atoms with van der Waals surface area (Å²) in [5.74, 6) is -0.928. The van der Waals surface area contributed by atoms with Crippen LogP contribution in [0.1, 0.15) is 0 Å². The van der Waals surface area contributed by atoms with E-state index in [1.54, 1.807) is 0 Å². The monoisotopic (exact) mass is 175 g/mol. The van der Waals surface area contributed by atoms with Gasteiger partial charge in [0, 0.05) is 12.3 Å². The number of hydrogen-bond acceptors (Lipinski definition) is 4. The highest BCUT2D eigenvalue weighted by Crippen LogP contribution is 2.07. The molecule has 0 bridgehead atoms. The molecule has 0 aromatic rings. The molecule has 6 heteroatoms. The van der Waals surface area contributed by atoms with Crippen LogP contribution in [-0.4, -0.2) is 26.8 Å². The summed E-state index contributed by atoms with van der Waals surface area (Å²) in [6.07, 6.45) is 3.24. The molecule has 0 radical (unpaired) electrons. The molecule has 1 rings (SSSR count). The van der Waals surface area contributed by atoms with E-state index >= 15 is 0 Å². The smallest absolute Gasteiger partial charge is 0.313 e. The summed E-state index contributed by atoms with van der Waals surface area (Å²) in [5.41, 5.74) is 0. The van der Waals surface area contributed by atoms with Crippen molar-refractivity contribution in [1.29, 1.82) is 0 Å². The van der Waals surface area contributed by atoms with Crippen molar-refractivity contribution in [2.24, 2.45) is 4.99 Å². The molecule has 0 saturated carbocycles. The second kappa shape index (κ2) is 2.46. The number of carbonyl (C=O) groups is 1. The van der Waals surface area contributed by atoms with Crippen LogP contribution in [0, 0.1) is 0 Å². The van der Waals surface area contributed by atoms with Crippen molar-refractivity contribution in [3.8, 4) is 0 Å². The van der Waals surface area contributed by atoms with Crippen LogP contribution in [0.3, 0.4) is 0 Å². The Morgan fingerprint density at radius 1 is 1.55 bits per heavy atom. The zero-order valence-electron chi connectivity index (χ0n) is 5.64. The van der Waals surface area contributed by atoms with Crippen LogP contribution in [0.2, 0.25) is 0 Å². The van der Waals surface area contributed by atoms with E-state index in [2.05, 4.69) is 9.18 Å². The third kappa shape index (κ3) is 2.15. The largest absolute Gasteiger partial charge is 0.377 e. The van der Waals surface area contributed by atoms with Crippen molar-refractivity contribution >= 4 is 22.2 Å². The van der Waals surface area contributed by atoms with Crippen molar-refractivity contribution < 1.29 is 17.4 Å². The summed E-state index contributed by atoms with van der Waals surface area (Å²) in [6.45, 7) is 0. The lowest BCUT2D eigenvalue weighted by atomic mass is 10.5. The Morgan fingerprint density at radius 3 is 2.55 bits per heavy atom. The molecule has 0 saturated heterocycles. The number of hydrogen-bond donors (Lipinski definition) is 0. The minimum Gasteiger partial charge on any atom is -0.377 e. The maximum atomic E-state index is 10.6. The van der Waals surface area contributed by atoms with Crippen LogP contribution in [0.4, 0.5) is 0 Å². The molecule has 60 valence electrons. The highest BCUT2D eigenvalue weighted by atomic mass is 32.2. The summed E-state index contributed by atoms with van der Waals surface area (Å²) in [4.78, 5) is 13.9. The lowest BCUT2D eigenvalue weighted by molar-refractivity contribution is -0.116. The third-order valence-electron chi connectivity index (χ3n) is 0.870. The van der Waals surface area contributed by atoms with Gasteiger partial charge in [-0.05, 0) is 0 Å². The van der Waals surface area contributed by atoms with Gasteiger partial charge in [0.15, 0.2) is 0 Å². The first-order valence-corrected chi connectivity index (χ1v) is 4.49. The first-order chi connectivity index (χ1) is 4.99. The summed E-state index contributed by atoms with van der Waals surface area (Å²) in [5, 5.41) is 0. The number of aliphatic imine (C=N–C) groups is 1. The van der Waals surface area contributed by atoms with Crippen LogP contribution in [0.25, 0.3) is 0 Å². The normalized spacial score (nSPS) is 16.8. The van der Waals surface area contributed by atoms with Gasteiger partial charge in [-0.3, -0.25) is 4.79 Å². The minimum absolute atomic E-state index is 0.257. The van der Waals surface area contributed by atoms with Crippen LogP contribution >= 0.6 is 0 Å². The molecule has 1 aliphatic rings. The van der Waals surface area contributed by atoms with Crippen molar-refractivity contribution in [2.45, 2.75) is 0 Å². The first-order valence-electron chi connectivity index (χ1n) is 2.67. The molecular formula is C5H5NO4S. The fourth-order valence-electron chi connectivity index (χ4n) is 0.534. The predicted octanol–water partition coefficient (Wildman–Crippen LogP) is -0.542. The van der Waals surface area contributed by atoms with Gasteiger partial charge in [0.05, 0.1) is 6.26 Å².